The van der Waals surface area contributed by atoms with E-state index in [9.17, 15) is 4.39 Å². The van der Waals surface area contributed by atoms with Gasteiger partial charge in [0.25, 0.3) is 0 Å². The smallest absolute Gasteiger partial charge is 0.146 e. The molecule has 0 heterocycles. The van der Waals surface area contributed by atoms with Crippen molar-refractivity contribution in [3.8, 4) is 5.75 Å². The predicted octanol–water partition coefficient (Wildman–Crippen LogP) is 4.37. The summed E-state index contributed by atoms with van der Waals surface area (Å²) < 4.78 is 18.8. The summed E-state index contributed by atoms with van der Waals surface area (Å²) in [4.78, 5) is 0. The third-order valence-electron chi connectivity index (χ3n) is 3.60. The maximum absolute atomic E-state index is 13.7. The third kappa shape index (κ3) is 3.10. The first-order valence-electron chi connectivity index (χ1n) is 6.65. The second-order valence-electron chi connectivity index (χ2n) is 5.06. The van der Waals surface area contributed by atoms with Crippen LogP contribution in [0.1, 0.15) is 22.3 Å². The number of halogens is 1. The molecule has 2 rings (SSSR count). The molecular weight excluding hydrogens is 253 g/mol. The number of ether oxygens (including phenoxy) is 1. The van der Waals surface area contributed by atoms with Crippen molar-refractivity contribution in [1.82, 2.24) is 0 Å². The van der Waals surface area contributed by atoms with Crippen LogP contribution in [0.4, 0.5) is 10.1 Å². The molecule has 1 N–H and O–H groups in total. The normalized spacial score (nSPS) is 10.4. The minimum Gasteiger partial charge on any atom is -0.497 e. The maximum Gasteiger partial charge on any atom is 0.146 e. The van der Waals surface area contributed by atoms with Crippen LogP contribution in [0.25, 0.3) is 0 Å². The monoisotopic (exact) mass is 273 g/mol. The zero-order valence-corrected chi connectivity index (χ0v) is 12.4. The Balaban J connectivity index is 2.18. The molecule has 0 amide bonds. The number of rotatable bonds is 4. The van der Waals surface area contributed by atoms with Gasteiger partial charge in [-0.05, 0) is 55.2 Å². The molecule has 0 atom stereocenters. The number of anilines is 1. The molecule has 2 nitrogen and oxygen atoms in total. The summed E-state index contributed by atoms with van der Waals surface area (Å²) in [5.41, 5.74) is 5.37. The van der Waals surface area contributed by atoms with E-state index in [1.165, 1.54) is 28.3 Å². The lowest BCUT2D eigenvalue weighted by Crippen LogP contribution is -2.04. The van der Waals surface area contributed by atoms with E-state index in [1.54, 1.807) is 19.2 Å². The molecule has 0 aliphatic rings. The molecule has 0 radical (unpaired) electrons. The van der Waals surface area contributed by atoms with E-state index in [1.807, 2.05) is 0 Å². The van der Waals surface area contributed by atoms with E-state index in [0.717, 1.165) is 0 Å². The summed E-state index contributed by atoms with van der Waals surface area (Å²) >= 11 is 0. The molecule has 2 aromatic carbocycles. The first-order chi connectivity index (χ1) is 9.51. The molecule has 0 unspecified atom stereocenters. The molecule has 0 fully saturated rings. The highest BCUT2D eigenvalue weighted by molar-refractivity contribution is 5.50. The zero-order chi connectivity index (χ0) is 14.7. The van der Waals surface area contributed by atoms with Gasteiger partial charge in [0.1, 0.15) is 11.6 Å². The summed E-state index contributed by atoms with van der Waals surface area (Å²) in [5, 5.41) is 3.14. The predicted molar refractivity (Wildman–Crippen MR) is 80.9 cm³/mol. The van der Waals surface area contributed by atoms with Crippen molar-refractivity contribution < 1.29 is 9.13 Å². The second kappa shape index (κ2) is 5.95. The van der Waals surface area contributed by atoms with E-state index in [-0.39, 0.29) is 5.82 Å². The van der Waals surface area contributed by atoms with Crippen molar-refractivity contribution in [1.29, 1.82) is 0 Å². The molecule has 0 spiro atoms. The fraction of sp³-hybridized carbons (Fsp3) is 0.294. The Bertz CT molecular complexity index is 623. The van der Waals surface area contributed by atoms with Gasteiger partial charge < -0.3 is 10.1 Å². The number of nitrogens with one attached hydrogen (secondary N) is 1. The highest BCUT2D eigenvalue weighted by atomic mass is 19.1. The van der Waals surface area contributed by atoms with Crippen molar-refractivity contribution in [2.45, 2.75) is 27.3 Å². The molecule has 0 bridgehead atoms. The lowest BCUT2D eigenvalue weighted by Gasteiger charge is -2.13. The van der Waals surface area contributed by atoms with Crippen LogP contribution in [0.3, 0.4) is 0 Å². The Morgan fingerprint density at radius 1 is 1.00 bits per heavy atom. The van der Waals surface area contributed by atoms with Gasteiger partial charge in [-0.2, -0.15) is 0 Å². The summed E-state index contributed by atoms with van der Waals surface area (Å²) in [5.74, 6) is 0.373. The molecular formula is C17H20FNO. The first kappa shape index (κ1) is 14.4. The van der Waals surface area contributed by atoms with Crippen molar-refractivity contribution >= 4 is 5.69 Å². The van der Waals surface area contributed by atoms with Crippen molar-refractivity contribution in [3.05, 3.63) is 58.4 Å². The standard InChI is InChI=1S/C17H20FNO/c1-11-7-13(3)14(8-12(11)2)10-19-17-9-15(20-4)5-6-16(17)18/h5-9,19H,10H2,1-4H3. The van der Waals surface area contributed by atoms with E-state index >= 15 is 0 Å². The number of aryl methyl sites for hydroxylation is 3. The first-order valence-corrected chi connectivity index (χ1v) is 6.65. The van der Waals surface area contributed by atoms with Crippen molar-refractivity contribution in [2.24, 2.45) is 0 Å². The average molecular weight is 273 g/mol. The van der Waals surface area contributed by atoms with Gasteiger partial charge in [-0.1, -0.05) is 12.1 Å². The second-order valence-corrected chi connectivity index (χ2v) is 5.06. The summed E-state index contributed by atoms with van der Waals surface area (Å²) in [7, 11) is 1.57. The SMILES string of the molecule is COc1ccc(F)c(NCc2cc(C)c(C)cc2C)c1. The Labute approximate surface area is 119 Å². The molecule has 0 aliphatic heterocycles. The van der Waals surface area contributed by atoms with Gasteiger partial charge in [-0.15, -0.1) is 0 Å². The molecule has 3 heteroatoms. The highest BCUT2D eigenvalue weighted by Crippen LogP contribution is 2.23. The molecule has 0 aliphatic carbocycles. The maximum atomic E-state index is 13.7. The largest absolute Gasteiger partial charge is 0.497 e. The summed E-state index contributed by atoms with van der Waals surface area (Å²) in [6.45, 7) is 6.86. The lowest BCUT2D eigenvalue weighted by atomic mass is 10.0. The zero-order valence-electron chi connectivity index (χ0n) is 12.4. The minimum atomic E-state index is -0.271. The van der Waals surface area contributed by atoms with Gasteiger partial charge in [0.15, 0.2) is 0 Å². The lowest BCUT2D eigenvalue weighted by molar-refractivity contribution is 0.414. The number of methoxy groups -OCH3 is 1. The Morgan fingerprint density at radius 2 is 1.70 bits per heavy atom. The molecule has 20 heavy (non-hydrogen) atoms. The summed E-state index contributed by atoms with van der Waals surface area (Å²) in [6.07, 6.45) is 0. The van der Waals surface area contributed by atoms with Gasteiger partial charge in [0, 0.05) is 12.6 Å². The fourth-order valence-corrected chi connectivity index (χ4v) is 2.17. The minimum absolute atomic E-state index is 0.271. The van der Waals surface area contributed by atoms with Gasteiger partial charge in [0.2, 0.25) is 0 Å². The van der Waals surface area contributed by atoms with Crippen LogP contribution in [0.5, 0.6) is 5.75 Å². The van der Waals surface area contributed by atoms with Crippen LogP contribution >= 0.6 is 0 Å². The van der Waals surface area contributed by atoms with Gasteiger partial charge in [0.05, 0.1) is 12.8 Å². The summed E-state index contributed by atoms with van der Waals surface area (Å²) in [6, 6.07) is 9.01. The van der Waals surface area contributed by atoms with Crippen molar-refractivity contribution in [2.75, 3.05) is 12.4 Å². The number of benzene rings is 2. The molecule has 0 saturated carbocycles. The molecule has 2 aromatic rings. The third-order valence-corrected chi connectivity index (χ3v) is 3.60. The van der Waals surface area contributed by atoms with Crippen LogP contribution in [-0.2, 0) is 6.54 Å². The van der Waals surface area contributed by atoms with Crippen LogP contribution < -0.4 is 10.1 Å². The Kier molecular flexibility index (Phi) is 4.28. The van der Waals surface area contributed by atoms with Crippen LogP contribution in [0, 0.1) is 26.6 Å². The Morgan fingerprint density at radius 3 is 2.40 bits per heavy atom. The van der Waals surface area contributed by atoms with Crippen LogP contribution in [-0.4, -0.2) is 7.11 Å². The topological polar surface area (TPSA) is 21.3 Å². The van der Waals surface area contributed by atoms with Gasteiger partial charge >= 0.3 is 0 Å². The highest BCUT2D eigenvalue weighted by Gasteiger charge is 2.06. The van der Waals surface area contributed by atoms with E-state index in [0.29, 0.717) is 18.0 Å². The van der Waals surface area contributed by atoms with Crippen LogP contribution in [0.15, 0.2) is 30.3 Å². The quantitative estimate of drug-likeness (QED) is 0.893. The number of hydrogen-bond donors (Lipinski definition) is 1. The molecule has 0 saturated heterocycles. The molecule has 106 valence electrons. The van der Waals surface area contributed by atoms with E-state index in [2.05, 4.69) is 38.2 Å². The molecule has 0 aromatic heterocycles. The van der Waals surface area contributed by atoms with Gasteiger partial charge in [-0.25, -0.2) is 4.39 Å². The van der Waals surface area contributed by atoms with Gasteiger partial charge in [-0.3, -0.25) is 0 Å². The van der Waals surface area contributed by atoms with E-state index in [4.69, 9.17) is 4.74 Å². The Hall–Kier alpha value is -2.03. The van der Waals surface area contributed by atoms with Crippen molar-refractivity contribution in [3.63, 3.8) is 0 Å². The number of hydrogen-bond acceptors (Lipinski definition) is 2. The van der Waals surface area contributed by atoms with Crippen LogP contribution in [0.2, 0.25) is 0 Å². The fourth-order valence-electron chi connectivity index (χ4n) is 2.17. The average Bonchev–Trinajstić information content (AvgIpc) is 2.43. The van der Waals surface area contributed by atoms with E-state index < -0.39 is 0 Å².